The summed E-state index contributed by atoms with van der Waals surface area (Å²) in [6, 6.07) is 5.94. The first-order chi connectivity index (χ1) is 9.74. The summed E-state index contributed by atoms with van der Waals surface area (Å²) < 4.78 is 23.9. The van der Waals surface area contributed by atoms with Gasteiger partial charge in [0.05, 0.1) is 24.0 Å². The summed E-state index contributed by atoms with van der Waals surface area (Å²) in [4.78, 5) is 0.842. The van der Waals surface area contributed by atoms with E-state index in [1.165, 1.54) is 0 Å². The smallest absolute Gasteiger partial charge is 0.162 e. The van der Waals surface area contributed by atoms with Crippen molar-refractivity contribution in [2.75, 3.05) is 13.2 Å². The third-order valence-electron chi connectivity index (χ3n) is 3.97. The zero-order valence-corrected chi connectivity index (χ0v) is 12.4. The average molecular weight is 295 g/mol. The predicted octanol–water partition coefficient (Wildman–Crippen LogP) is 2.23. The van der Waals surface area contributed by atoms with Gasteiger partial charge in [0.2, 0.25) is 0 Å². The van der Waals surface area contributed by atoms with E-state index < -0.39 is 10.8 Å². The predicted molar refractivity (Wildman–Crippen MR) is 78.7 cm³/mol. The molecular formula is C15H21NO3S. The molecule has 0 saturated heterocycles. The molecule has 5 heteroatoms. The molecule has 0 amide bonds. The van der Waals surface area contributed by atoms with E-state index in [2.05, 4.69) is 0 Å². The minimum Gasteiger partial charge on any atom is -0.490 e. The highest BCUT2D eigenvalue weighted by Crippen LogP contribution is 2.33. The van der Waals surface area contributed by atoms with Crippen molar-refractivity contribution in [3.05, 3.63) is 18.2 Å². The summed E-state index contributed by atoms with van der Waals surface area (Å²) in [5, 5.41) is 0.222. The summed E-state index contributed by atoms with van der Waals surface area (Å²) in [6.45, 7) is 1.33. The fourth-order valence-corrected chi connectivity index (χ4v) is 4.27. The molecule has 3 rings (SSSR count). The standard InChI is InChI=1S/C15H21NO3S/c16-11-2-4-12(5-3-11)20(17)13-6-7-14-15(10-13)19-9-1-8-18-14/h6-7,10-12H,1-5,8-9,16H2. The maximum Gasteiger partial charge on any atom is 0.162 e. The molecular weight excluding hydrogens is 274 g/mol. The van der Waals surface area contributed by atoms with Crippen molar-refractivity contribution >= 4 is 10.8 Å². The molecule has 1 aromatic rings. The van der Waals surface area contributed by atoms with Crippen molar-refractivity contribution in [2.45, 2.75) is 48.3 Å². The second-order valence-electron chi connectivity index (χ2n) is 5.49. The fourth-order valence-electron chi connectivity index (χ4n) is 2.76. The highest BCUT2D eigenvalue weighted by molar-refractivity contribution is 7.85. The Hall–Kier alpha value is -1.07. The molecule has 1 heterocycles. The van der Waals surface area contributed by atoms with E-state index in [1.54, 1.807) is 0 Å². The molecule has 0 aromatic heterocycles. The zero-order valence-electron chi connectivity index (χ0n) is 11.5. The first-order valence-electron chi connectivity index (χ1n) is 7.30. The highest BCUT2D eigenvalue weighted by atomic mass is 32.2. The van der Waals surface area contributed by atoms with E-state index >= 15 is 0 Å². The number of ether oxygens (including phenoxy) is 2. The molecule has 1 saturated carbocycles. The van der Waals surface area contributed by atoms with Crippen LogP contribution in [0, 0.1) is 0 Å². The molecule has 1 atom stereocenters. The Morgan fingerprint density at radius 1 is 1.05 bits per heavy atom. The van der Waals surface area contributed by atoms with Crippen LogP contribution in [0.1, 0.15) is 32.1 Å². The van der Waals surface area contributed by atoms with Gasteiger partial charge in [0.15, 0.2) is 11.5 Å². The summed E-state index contributed by atoms with van der Waals surface area (Å²) in [7, 11) is -0.980. The molecule has 0 bridgehead atoms. The Morgan fingerprint density at radius 2 is 1.75 bits per heavy atom. The van der Waals surface area contributed by atoms with E-state index in [4.69, 9.17) is 15.2 Å². The highest BCUT2D eigenvalue weighted by Gasteiger charge is 2.25. The van der Waals surface area contributed by atoms with Gasteiger partial charge in [-0.15, -0.1) is 0 Å². The van der Waals surface area contributed by atoms with Gasteiger partial charge in [-0.3, -0.25) is 4.21 Å². The molecule has 1 unspecified atom stereocenters. The normalized spacial score (nSPS) is 27.6. The van der Waals surface area contributed by atoms with Gasteiger partial charge in [-0.25, -0.2) is 0 Å². The van der Waals surface area contributed by atoms with Crippen LogP contribution in [0.15, 0.2) is 23.1 Å². The molecule has 2 N–H and O–H groups in total. The number of hydrogen-bond acceptors (Lipinski definition) is 4. The second kappa shape index (κ2) is 6.14. The van der Waals surface area contributed by atoms with Crippen LogP contribution in [0.2, 0.25) is 0 Å². The molecule has 2 aliphatic rings. The Labute approximate surface area is 122 Å². The average Bonchev–Trinajstić information content (AvgIpc) is 2.71. The van der Waals surface area contributed by atoms with Crippen LogP contribution in [0.4, 0.5) is 0 Å². The Balaban J connectivity index is 1.76. The van der Waals surface area contributed by atoms with Gasteiger partial charge in [-0.2, -0.15) is 0 Å². The topological polar surface area (TPSA) is 61.6 Å². The van der Waals surface area contributed by atoms with Crippen molar-refractivity contribution in [2.24, 2.45) is 5.73 Å². The van der Waals surface area contributed by atoms with Crippen molar-refractivity contribution in [1.82, 2.24) is 0 Å². The number of rotatable bonds is 2. The van der Waals surface area contributed by atoms with Crippen molar-refractivity contribution in [3.8, 4) is 11.5 Å². The quantitative estimate of drug-likeness (QED) is 0.909. The third-order valence-corrected chi connectivity index (χ3v) is 5.77. The zero-order chi connectivity index (χ0) is 13.9. The van der Waals surface area contributed by atoms with E-state index in [0.29, 0.717) is 13.2 Å². The maximum atomic E-state index is 12.7. The van der Waals surface area contributed by atoms with Gasteiger partial charge in [0.25, 0.3) is 0 Å². The summed E-state index contributed by atoms with van der Waals surface area (Å²) in [5.41, 5.74) is 5.91. The van der Waals surface area contributed by atoms with Crippen molar-refractivity contribution < 1.29 is 13.7 Å². The molecule has 1 fully saturated rings. The van der Waals surface area contributed by atoms with Gasteiger partial charge < -0.3 is 15.2 Å². The lowest BCUT2D eigenvalue weighted by Gasteiger charge is -2.25. The van der Waals surface area contributed by atoms with Crippen LogP contribution in [0.3, 0.4) is 0 Å². The van der Waals surface area contributed by atoms with Crippen LogP contribution < -0.4 is 15.2 Å². The maximum absolute atomic E-state index is 12.7. The fraction of sp³-hybridized carbons (Fsp3) is 0.600. The largest absolute Gasteiger partial charge is 0.490 e. The third kappa shape index (κ3) is 2.99. The molecule has 1 aliphatic carbocycles. The molecule has 110 valence electrons. The van der Waals surface area contributed by atoms with E-state index in [1.807, 2.05) is 18.2 Å². The first kappa shape index (κ1) is 13.9. The van der Waals surface area contributed by atoms with Gasteiger partial charge >= 0.3 is 0 Å². The van der Waals surface area contributed by atoms with Gasteiger partial charge in [-0.05, 0) is 37.8 Å². The number of benzene rings is 1. The van der Waals surface area contributed by atoms with Crippen LogP contribution in [-0.2, 0) is 10.8 Å². The lowest BCUT2D eigenvalue weighted by Crippen LogP contribution is -2.31. The summed E-state index contributed by atoms with van der Waals surface area (Å²) in [6.07, 6.45) is 4.72. The van der Waals surface area contributed by atoms with Crippen LogP contribution in [0.5, 0.6) is 11.5 Å². The minimum atomic E-state index is -0.980. The van der Waals surface area contributed by atoms with Gasteiger partial charge in [0, 0.05) is 28.7 Å². The molecule has 4 nitrogen and oxygen atoms in total. The summed E-state index contributed by atoms with van der Waals surface area (Å²) in [5.74, 6) is 1.48. The van der Waals surface area contributed by atoms with E-state index in [9.17, 15) is 4.21 Å². The lowest BCUT2D eigenvalue weighted by molar-refractivity contribution is 0.297. The van der Waals surface area contributed by atoms with E-state index in [-0.39, 0.29) is 11.3 Å². The Bertz CT molecular complexity index is 498. The monoisotopic (exact) mass is 295 g/mol. The van der Waals surface area contributed by atoms with Gasteiger partial charge in [0.1, 0.15) is 0 Å². The molecule has 20 heavy (non-hydrogen) atoms. The Kier molecular flexibility index (Phi) is 4.27. The van der Waals surface area contributed by atoms with Crippen LogP contribution in [-0.4, -0.2) is 28.7 Å². The van der Waals surface area contributed by atoms with Crippen LogP contribution in [0.25, 0.3) is 0 Å². The molecule has 0 spiro atoms. The lowest BCUT2D eigenvalue weighted by atomic mass is 9.96. The second-order valence-corrected chi connectivity index (χ2v) is 7.23. The molecule has 0 radical (unpaired) electrons. The molecule has 1 aliphatic heterocycles. The van der Waals surface area contributed by atoms with Crippen LogP contribution >= 0.6 is 0 Å². The number of fused-ring (bicyclic) bond motifs is 1. The SMILES string of the molecule is NC1CCC(S(=O)c2ccc3c(c2)OCCCO3)CC1. The Morgan fingerprint density at radius 3 is 2.50 bits per heavy atom. The molecule has 1 aromatic carbocycles. The van der Waals surface area contributed by atoms with Crippen molar-refractivity contribution in [3.63, 3.8) is 0 Å². The summed E-state index contributed by atoms with van der Waals surface area (Å²) >= 11 is 0. The van der Waals surface area contributed by atoms with Gasteiger partial charge in [-0.1, -0.05) is 0 Å². The number of nitrogens with two attached hydrogens (primary N) is 1. The minimum absolute atomic E-state index is 0.222. The first-order valence-corrected chi connectivity index (χ1v) is 8.51. The van der Waals surface area contributed by atoms with E-state index in [0.717, 1.165) is 48.5 Å². The number of hydrogen-bond donors (Lipinski definition) is 1. The van der Waals surface area contributed by atoms with Crippen molar-refractivity contribution in [1.29, 1.82) is 0 Å².